The van der Waals surface area contributed by atoms with Crippen molar-refractivity contribution in [3.8, 4) is 0 Å². The minimum Gasteiger partial charge on any atom is -0.457 e. The van der Waals surface area contributed by atoms with Crippen molar-refractivity contribution in [1.82, 2.24) is 0 Å². The highest BCUT2D eigenvalue weighted by atomic mass is 16.7. The van der Waals surface area contributed by atoms with Crippen molar-refractivity contribution < 1.29 is 69.0 Å². The Balaban J connectivity index is 1.73. The predicted molar refractivity (Wildman–Crippen MR) is 302 cm³/mol. The maximum atomic E-state index is 13.1. The lowest BCUT2D eigenvalue weighted by Crippen LogP contribution is -2.61. The molecule has 7 N–H and O–H groups in total. The molecule has 11 atom stereocenters. The molecule has 0 spiro atoms. The first kappa shape index (κ1) is 69.3. The van der Waals surface area contributed by atoms with Gasteiger partial charge in [0.1, 0.15) is 54.9 Å². The molecule has 2 aliphatic rings. The van der Waals surface area contributed by atoms with Gasteiger partial charge in [-0.05, 0) is 70.6 Å². The molecule has 14 nitrogen and oxygen atoms in total. The van der Waals surface area contributed by atoms with Crippen LogP contribution >= 0.6 is 0 Å². The zero-order valence-electron chi connectivity index (χ0n) is 47.0. The monoisotopic (exact) mass is 1070 g/mol. The van der Waals surface area contributed by atoms with Gasteiger partial charge in [0.15, 0.2) is 12.6 Å². The standard InChI is InChI=1S/C62H106O14/c1-3-5-7-9-11-13-15-17-19-21-22-23-24-25-26-27-28-29-31-33-35-37-39-41-43-45-54(64)74-51(48-71-46-44-42-40-38-36-34-32-30-20-18-16-14-12-10-8-6-4-2)49-72-61-60(70)58(68)56(66)53(76-61)50-73-62-59(69)57(67)55(65)52(47-63)75-62/h5,7,11,13,17,19,22-23,25-26,28-29,33,35,51-53,55-63,65-70H,3-4,6,8-10,12,14-16,18,20-21,24,27,30-32,34,36-50H2,1-2H3/b7-5-,13-11-,19-17-,23-22-,26-25-,29-28-,35-33-. The van der Waals surface area contributed by atoms with Crippen LogP contribution in [0.4, 0.5) is 0 Å². The summed E-state index contributed by atoms with van der Waals surface area (Å²) in [4.78, 5) is 13.1. The number of unbranched alkanes of at least 4 members (excludes halogenated alkanes) is 19. The maximum absolute atomic E-state index is 13.1. The van der Waals surface area contributed by atoms with E-state index < -0.39 is 86.7 Å². The molecule has 2 fully saturated rings. The number of carbonyl (C=O) groups excluding carboxylic acids is 1. The van der Waals surface area contributed by atoms with Gasteiger partial charge < -0.3 is 64.2 Å². The van der Waals surface area contributed by atoms with Gasteiger partial charge in [0.2, 0.25) is 0 Å². The Hall–Kier alpha value is -2.83. The smallest absolute Gasteiger partial charge is 0.306 e. The molecule has 0 aromatic heterocycles. The summed E-state index contributed by atoms with van der Waals surface area (Å²) in [5.74, 6) is -0.408. The van der Waals surface area contributed by atoms with Gasteiger partial charge in [0, 0.05) is 13.0 Å². The third-order valence-corrected chi connectivity index (χ3v) is 13.7. The van der Waals surface area contributed by atoms with E-state index in [9.17, 15) is 40.5 Å². The van der Waals surface area contributed by atoms with E-state index in [0.717, 1.165) is 83.5 Å². The van der Waals surface area contributed by atoms with Crippen LogP contribution in [0, 0.1) is 0 Å². The number of hydrogen-bond acceptors (Lipinski definition) is 14. The van der Waals surface area contributed by atoms with Gasteiger partial charge in [-0.2, -0.15) is 0 Å². The van der Waals surface area contributed by atoms with Crippen molar-refractivity contribution in [1.29, 1.82) is 0 Å². The van der Waals surface area contributed by atoms with Crippen molar-refractivity contribution in [2.75, 3.05) is 33.0 Å². The topological polar surface area (TPSA) is 214 Å². The number of allylic oxidation sites excluding steroid dienone is 14. The van der Waals surface area contributed by atoms with E-state index >= 15 is 0 Å². The normalized spacial score (nSPS) is 25.1. The summed E-state index contributed by atoms with van der Waals surface area (Å²) in [6.07, 6.45) is 46.4. The molecule has 0 aliphatic carbocycles. The Labute approximate surface area is 459 Å². The minimum absolute atomic E-state index is 0.0454. The molecule has 0 amide bonds. The number of aliphatic hydroxyl groups excluding tert-OH is 7. The number of esters is 1. The van der Waals surface area contributed by atoms with E-state index in [2.05, 4.69) is 98.9 Å². The summed E-state index contributed by atoms with van der Waals surface area (Å²) in [5, 5.41) is 72.4. The molecule has 11 unspecified atom stereocenters. The summed E-state index contributed by atoms with van der Waals surface area (Å²) in [6.45, 7) is 3.54. The molecule has 0 bridgehead atoms. The van der Waals surface area contributed by atoms with E-state index in [0.29, 0.717) is 13.0 Å². The van der Waals surface area contributed by atoms with Crippen LogP contribution < -0.4 is 0 Å². The summed E-state index contributed by atoms with van der Waals surface area (Å²) >= 11 is 0. The second-order valence-electron chi connectivity index (χ2n) is 20.4. The molecule has 0 aromatic rings. The van der Waals surface area contributed by atoms with Gasteiger partial charge in [-0.3, -0.25) is 4.79 Å². The largest absolute Gasteiger partial charge is 0.457 e. The van der Waals surface area contributed by atoms with Crippen LogP contribution in [0.15, 0.2) is 85.1 Å². The highest BCUT2D eigenvalue weighted by Crippen LogP contribution is 2.26. The van der Waals surface area contributed by atoms with Gasteiger partial charge in [-0.1, -0.05) is 208 Å². The molecule has 0 radical (unpaired) electrons. The average Bonchev–Trinajstić information content (AvgIpc) is 3.42. The fourth-order valence-electron chi connectivity index (χ4n) is 8.91. The molecule has 2 rings (SSSR count). The molecule has 0 aromatic carbocycles. The van der Waals surface area contributed by atoms with Crippen molar-refractivity contribution in [2.24, 2.45) is 0 Å². The number of aliphatic hydroxyl groups is 7. The number of hydrogen-bond donors (Lipinski definition) is 7. The summed E-state index contributed by atoms with van der Waals surface area (Å²) < 4.78 is 34.4. The fourth-order valence-corrected chi connectivity index (χ4v) is 8.91. The third-order valence-electron chi connectivity index (χ3n) is 13.7. The molecule has 76 heavy (non-hydrogen) atoms. The van der Waals surface area contributed by atoms with Gasteiger partial charge in [0.25, 0.3) is 0 Å². The molecule has 0 saturated carbocycles. The van der Waals surface area contributed by atoms with Crippen LogP contribution in [-0.4, -0.2) is 142 Å². The number of ether oxygens (including phenoxy) is 6. The Bertz CT molecular complexity index is 1580. The second-order valence-corrected chi connectivity index (χ2v) is 20.4. The van der Waals surface area contributed by atoms with Crippen LogP contribution in [0.5, 0.6) is 0 Å². The predicted octanol–water partition coefficient (Wildman–Crippen LogP) is 10.8. The zero-order valence-corrected chi connectivity index (χ0v) is 47.0. The molecular formula is C62H106O14. The Morgan fingerprint density at radius 2 is 0.855 bits per heavy atom. The molecule has 2 heterocycles. The second kappa shape index (κ2) is 48.1. The quantitative estimate of drug-likeness (QED) is 0.0172. The summed E-state index contributed by atoms with van der Waals surface area (Å²) in [5.41, 5.74) is 0. The Morgan fingerprint density at radius 3 is 1.33 bits per heavy atom. The zero-order chi connectivity index (χ0) is 55.1. The molecule has 438 valence electrons. The first-order valence-electron chi connectivity index (χ1n) is 29.7. The minimum atomic E-state index is -1.72. The van der Waals surface area contributed by atoms with Crippen LogP contribution in [-0.2, 0) is 33.2 Å². The highest BCUT2D eigenvalue weighted by Gasteiger charge is 2.47. The van der Waals surface area contributed by atoms with Gasteiger partial charge in [0.05, 0.1) is 26.4 Å². The van der Waals surface area contributed by atoms with Crippen molar-refractivity contribution in [3.63, 3.8) is 0 Å². The third kappa shape index (κ3) is 34.2. The van der Waals surface area contributed by atoms with Crippen LogP contribution in [0.1, 0.15) is 200 Å². The molecule has 2 aliphatic heterocycles. The van der Waals surface area contributed by atoms with Gasteiger partial charge in [-0.25, -0.2) is 0 Å². The van der Waals surface area contributed by atoms with E-state index in [1.807, 2.05) is 0 Å². The van der Waals surface area contributed by atoms with Crippen LogP contribution in [0.3, 0.4) is 0 Å². The summed E-state index contributed by atoms with van der Waals surface area (Å²) in [6, 6.07) is 0. The van der Waals surface area contributed by atoms with E-state index in [-0.39, 0.29) is 19.6 Å². The lowest BCUT2D eigenvalue weighted by Gasteiger charge is -2.42. The highest BCUT2D eigenvalue weighted by molar-refractivity contribution is 5.69. The van der Waals surface area contributed by atoms with E-state index in [1.165, 1.54) is 89.9 Å². The first-order chi connectivity index (χ1) is 37.1. The maximum Gasteiger partial charge on any atom is 0.306 e. The SMILES string of the molecule is CC/C=C\C/C=C\C/C=C\C/C=C\C/C=C\C/C=C\C/C=C\CCCCCC(=O)OC(COCCCCCCCCCCCCCCCCCCC)COC1OC(COC2OC(CO)C(O)C(O)C2O)C(O)C(O)C1O. The number of carbonyl (C=O) groups is 1. The lowest BCUT2D eigenvalue weighted by atomic mass is 9.98. The Morgan fingerprint density at radius 1 is 0.447 bits per heavy atom. The summed E-state index contributed by atoms with van der Waals surface area (Å²) in [7, 11) is 0. The van der Waals surface area contributed by atoms with Crippen molar-refractivity contribution in [3.05, 3.63) is 85.1 Å². The van der Waals surface area contributed by atoms with Crippen molar-refractivity contribution in [2.45, 2.75) is 268 Å². The van der Waals surface area contributed by atoms with Crippen molar-refractivity contribution >= 4 is 5.97 Å². The molecular weight excluding hydrogens is 969 g/mol. The molecule has 2 saturated heterocycles. The van der Waals surface area contributed by atoms with Crippen LogP contribution in [0.25, 0.3) is 0 Å². The molecule has 14 heteroatoms. The van der Waals surface area contributed by atoms with E-state index in [1.54, 1.807) is 0 Å². The van der Waals surface area contributed by atoms with E-state index in [4.69, 9.17) is 28.4 Å². The van der Waals surface area contributed by atoms with Gasteiger partial charge >= 0.3 is 5.97 Å². The fraction of sp³-hybridized carbons (Fsp3) is 0.758. The lowest BCUT2D eigenvalue weighted by molar-refractivity contribution is -0.332. The first-order valence-corrected chi connectivity index (χ1v) is 29.7. The Kier molecular flexibility index (Phi) is 43.9. The van der Waals surface area contributed by atoms with Gasteiger partial charge in [-0.15, -0.1) is 0 Å². The van der Waals surface area contributed by atoms with Crippen LogP contribution in [0.2, 0.25) is 0 Å². The number of rotatable bonds is 47. The average molecular weight is 1080 g/mol.